The molecular weight excluding hydrogens is 192 g/mol. The Hall–Kier alpha value is -2.24. The summed E-state index contributed by atoms with van der Waals surface area (Å²) >= 11 is 0. The Morgan fingerprint density at radius 3 is 2.87 bits per heavy atom. The number of nitrogens with zero attached hydrogens (tertiary/aromatic N) is 4. The van der Waals surface area contributed by atoms with Crippen molar-refractivity contribution in [2.75, 3.05) is 0 Å². The highest BCUT2D eigenvalue weighted by molar-refractivity contribution is 5.79. The lowest BCUT2D eigenvalue weighted by Crippen LogP contribution is -2.13. The van der Waals surface area contributed by atoms with Gasteiger partial charge in [0.25, 0.3) is 0 Å². The molecule has 0 bridgehead atoms. The zero-order valence-corrected chi connectivity index (χ0v) is 7.96. The summed E-state index contributed by atoms with van der Waals surface area (Å²) in [5.41, 5.74) is 6.19. The van der Waals surface area contributed by atoms with Crippen LogP contribution in [0.1, 0.15) is 5.56 Å². The third-order valence-electron chi connectivity index (χ3n) is 1.86. The fourth-order valence-corrected chi connectivity index (χ4v) is 1.20. The average molecular weight is 202 g/mol. The molecule has 0 radical (unpaired) electrons. The van der Waals surface area contributed by atoms with Gasteiger partial charge < -0.3 is 5.73 Å². The first-order valence-corrected chi connectivity index (χ1v) is 4.38. The van der Waals surface area contributed by atoms with E-state index in [1.165, 1.54) is 6.33 Å². The number of rotatable bonds is 3. The number of hydrogen-bond acceptors (Lipinski definition) is 4. The van der Waals surface area contributed by atoms with Crippen LogP contribution in [0.25, 0.3) is 5.82 Å². The maximum atomic E-state index is 7.15. The number of nitrogens with one attached hydrogen (secondary N) is 1. The minimum Gasteiger partial charge on any atom is -0.387 e. The molecule has 2 heterocycles. The quantitative estimate of drug-likeness (QED) is 0.547. The van der Waals surface area contributed by atoms with E-state index in [0.29, 0.717) is 12.2 Å². The lowest BCUT2D eigenvalue weighted by atomic mass is 10.2. The van der Waals surface area contributed by atoms with Gasteiger partial charge in [-0.2, -0.15) is 5.10 Å². The molecule has 76 valence electrons. The first kappa shape index (κ1) is 9.32. The van der Waals surface area contributed by atoms with Gasteiger partial charge in [-0.3, -0.25) is 5.41 Å². The lowest BCUT2D eigenvalue weighted by Gasteiger charge is -2.01. The Bertz CT molecular complexity index is 444. The van der Waals surface area contributed by atoms with Crippen LogP contribution in [0.2, 0.25) is 0 Å². The average Bonchev–Trinajstić information content (AvgIpc) is 2.71. The van der Waals surface area contributed by atoms with Gasteiger partial charge in [0.15, 0.2) is 5.82 Å². The van der Waals surface area contributed by atoms with E-state index in [2.05, 4.69) is 15.1 Å². The number of hydrogen-bond donors (Lipinski definition) is 2. The minimum atomic E-state index is 0.130. The Morgan fingerprint density at radius 1 is 1.47 bits per heavy atom. The summed E-state index contributed by atoms with van der Waals surface area (Å²) in [5, 5.41) is 11.1. The van der Waals surface area contributed by atoms with Crippen LogP contribution in [0, 0.1) is 5.41 Å². The Kier molecular flexibility index (Phi) is 2.40. The van der Waals surface area contributed by atoms with E-state index in [0.717, 1.165) is 5.56 Å². The topological polar surface area (TPSA) is 93.5 Å². The molecular formula is C9H10N6. The van der Waals surface area contributed by atoms with Crippen molar-refractivity contribution in [3.05, 3.63) is 36.5 Å². The van der Waals surface area contributed by atoms with Gasteiger partial charge in [-0.05, 0) is 11.6 Å². The molecule has 0 spiro atoms. The largest absolute Gasteiger partial charge is 0.387 e. The van der Waals surface area contributed by atoms with E-state index in [-0.39, 0.29) is 5.84 Å². The van der Waals surface area contributed by atoms with Crippen molar-refractivity contribution in [2.45, 2.75) is 6.42 Å². The molecule has 6 heteroatoms. The van der Waals surface area contributed by atoms with Crippen molar-refractivity contribution in [3.8, 4) is 5.82 Å². The Balaban J connectivity index is 2.21. The second kappa shape index (κ2) is 3.87. The predicted octanol–water partition coefficient (Wildman–Crippen LogP) is 0.141. The number of amidine groups is 1. The van der Waals surface area contributed by atoms with E-state index < -0.39 is 0 Å². The molecule has 6 nitrogen and oxygen atoms in total. The highest BCUT2D eigenvalue weighted by Gasteiger charge is 1.99. The Labute approximate surface area is 86.3 Å². The summed E-state index contributed by atoms with van der Waals surface area (Å²) < 4.78 is 1.57. The number of pyridine rings is 1. The second-order valence-electron chi connectivity index (χ2n) is 3.07. The summed E-state index contributed by atoms with van der Waals surface area (Å²) in [7, 11) is 0. The van der Waals surface area contributed by atoms with Gasteiger partial charge in [0, 0.05) is 12.6 Å². The maximum Gasteiger partial charge on any atom is 0.155 e. The minimum absolute atomic E-state index is 0.130. The highest BCUT2D eigenvalue weighted by atomic mass is 15.3. The molecule has 0 saturated heterocycles. The molecule has 15 heavy (non-hydrogen) atoms. The molecule has 0 unspecified atom stereocenters. The van der Waals surface area contributed by atoms with Crippen LogP contribution in [0.3, 0.4) is 0 Å². The van der Waals surface area contributed by atoms with Crippen molar-refractivity contribution in [1.82, 2.24) is 19.7 Å². The molecule has 0 amide bonds. The normalized spacial score (nSPS) is 10.1. The van der Waals surface area contributed by atoms with Gasteiger partial charge in [-0.15, -0.1) is 0 Å². The molecule has 0 saturated carbocycles. The number of nitrogens with two attached hydrogens (primary N) is 1. The van der Waals surface area contributed by atoms with Crippen LogP contribution in [-0.4, -0.2) is 25.6 Å². The zero-order chi connectivity index (χ0) is 10.7. The van der Waals surface area contributed by atoms with E-state index in [9.17, 15) is 0 Å². The smallest absolute Gasteiger partial charge is 0.155 e. The molecule has 0 aliphatic rings. The molecule has 0 aliphatic carbocycles. The third-order valence-corrected chi connectivity index (χ3v) is 1.86. The zero-order valence-electron chi connectivity index (χ0n) is 7.96. The van der Waals surface area contributed by atoms with Gasteiger partial charge >= 0.3 is 0 Å². The maximum absolute atomic E-state index is 7.15. The summed E-state index contributed by atoms with van der Waals surface area (Å²) in [6.07, 6.45) is 5.13. The molecule has 0 aliphatic heterocycles. The van der Waals surface area contributed by atoms with E-state index >= 15 is 0 Å². The standard InChI is InChI=1S/C9H10N6/c10-8(11)3-7-1-2-9(13-4-7)15-6-12-5-14-15/h1-2,4-6H,3H2,(H3,10,11). The van der Waals surface area contributed by atoms with E-state index in [1.54, 1.807) is 17.2 Å². The van der Waals surface area contributed by atoms with E-state index in [4.69, 9.17) is 11.1 Å². The van der Waals surface area contributed by atoms with Crippen LogP contribution >= 0.6 is 0 Å². The SMILES string of the molecule is N=C(N)Cc1ccc(-n2cncn2)nc1. The summed E-state index contributed by atoms with van der Waals surface area (Å²) in [5.74, 6) is 0.824. The molecule has 2 aromatic rings. The van der Waals surface area contributed by atoms with Gasteiger partial charge in [-0.1, -0.05) is 6.07 Å². The summed E-state index contributed by atoms with van der Waals surface area (Å²) in [6.45, 7) is 0. The van der Waals surface area contributed by atoms with Crippen LogP contribution in [0.15, 0.2) is 31.0 Å². The van der Waals surface area contributed by atoms with Gasteiger partial charge in [0.05, 0.1) is 5.84 Å². The fraction of sp³-hybridized carbons (Fsp3) is 0.111. The molecule has 0 atom stereocenters. The first-order valence-electron chi connectivity index (χ1n) is 4.38. The fourth-order valence-electron chi connectivity index (χ4n) is 1.20. The first-order chi connectivity index (χ1) is 7.25. The lowest BCUT2D eigenvalue weighted by molar-refractivity contribution is 0.843. The van der Waals surface area contributed by atoms with Crippen LogP contribution in [0.4, 0.5) is 0 Å². The molecule has 0 aromatic carbocycles. The van der Waals surface area contributed by atoms with Crippen molar-refractivity contribution in [3.63, 3.8) is 0 Å². The van der Waals surface area contributed by atoms with Crippen LogP contribution in [-0.2, 0) is 6.42 Å². The van der Waals surface area contributed by atoms with Gasteiger partial charge in [0.2, 0.25) is 0 Å². The predicted molar refractivity (Wildman–Crippen MR) is 54.8 cm³/mol. The van der Waals surface area contributed by atoms with Crippen molar-refractivity contribution < 1.29 is 0 Å². The molecule has 0 fully saturated rings. The van der Waals surface area contributed by atoms with Gasteiger partial charge in [-0.25, -0.2) is 14.6 Å². The second-order valence-corrected chi connectivity index (χ2v) is 3.07. The molecule has 2 aromatic heterocycles. The van der Waals surface area contributed by atoms with Crippen LogP contribution < -0.4 is 5.73 Å². The van der Waals surface area contributed by atoms with E-state index in [1.807, 2.05) is 12.1 Å². The van der Waals surface area contributed by atoms with Crippen molar-refractivity contribution in [2.24, 2.45) is 5.73 Å². The Morgan fingerprint density at radius 2 is 2.33 bits per heavy atom. The number of aromatic nitrogens is 4. The van der Waals surface area contributed by atoms with Crippen LogP contribution in [0.5, 0.6) is 0 Å². The van der Waals surface area contributed by atoms with Crippen molar-refractivity contribution in [1.29, 1.82) is 5.41 Å². The highest BCUT2D eigenvalue weighted by Crippen LogP contribution is 2.04. The monoisotopic (exact) mass is 202 g/mol. The van der Waals surface area contributed by atoms with Crippen molar-refractivity contribution >= 4 is 5.84 Å². The molecule has 3 N–H and O–H groups in total. The van der Waals surface area contributed by atoms with Gasteiger partial charge in [0.1, 0.15) is 12.7 Å². The molecule has 2 rings (SSSR count). The third kappa shape index (κ3) is 2.16. The summed E-state index contributed by atoms with van der Waals surface area (Å²) in [6, 6.07) is 3.68. The summed E-state index contributed by atoms with van der Waals surface area (Å²) in [4.78, 5) is 8.01.